The largest absolute Gasteiger partial charge is 0.461 e. The molecule has 25 heavy (non-hydrogen) atoms. The molecule has 3 heterocycles. The lowest BCUT2D eigenvalue weighted by atomic mass is 10.1. The summed E-state index contributed by atoms with van der Waals surface area (Å²) in [4.78, 5) is 14.8. The highest BCUT2D eigenvalue weighted by Gasteiger charge is 2.23. The molecule has 2 aromatic heterocycles. The number of aliphatic hydroxyl groups excluding tert-OH is 1. The number of hydrogen-bond acceptors (Lipinski definition) is 4. The molecule has 0 fully saturated rings. The van der Waals surface area contributed by atoms with Gasteiger partial charge in [-0.3, -0.25) is 9.48 Å². The Morgan fingerprint density at radius 3 is 2.92 bits per heavy atom. The number of carbonyl (C=O) groups excluding carboxylic acids is 1. The van der Waals surface area contributed by atoms with Gasteiger partial charge in [0.15, 0.2) is 0 Å². The van der Waals surface area contributed by atoms with Crippen LogP contribution in [-0.4, -0.2) is 32.2 Å². The highest BCUT2D eigenvalue weighted by Crippen LogP contribution is 2.23. The topological polar surface area (TPSA) is 71.5 Å². The Bertz CT molecular complexity index is 939. The zero-order chi connectivity index (χ0) is 17.6. The van der Waals surface area contributed by atoms with E-state index >= 15 is 0 Å². The van der Waals surface area contributed by atoms with Crippen molar-refractivity contribution in [1.82, 2.24) is 14.7 Å². The summed E-state index contributed by atoms with van der Waals surface area (Å²) in [6.07, 6.45) is 0.238. The van der Waals surface area contributed by atoms with E-state index in [1.807, 2.05) is 46.8 Å². The Hall–Kier alpha value is -2.60. The van der Waals surface area contributed by atoms with Gasteiger partial charge in [-0.05, 0) is 50.6 Å². The molecule has 0 bridgehead atoms. The molecule has 1 aliphatic heterocycles. The predicted molar refractivity (Wildman–Crippen MR) is 93.2 cm³/mol. The number of amides is 1. The number of rotatable bonds is 2. The minimum Gasteiger partial charge on any atom is -0.461 e. The van der Waals surface area contributed by atoms with Gasteiger partial charge in [0, 0.05) is 24.0 Å². The molecule has 1 amide bonds. The summed E-state index contributed by atoms with van der Waals surface area (Å²) in [6, 6.07) is 9.38. The van der Waals surface area contributed by atoms with Crippen molar-refractivity contribution in [3.63, 3.8) is 0 Å². The fourth-order valence-electron chi connectivity index (χ4n) is 3.35. The van der Waals surface area contributed by atoms with Crippen molar-refractivity contribution in [2.24, 2.45) is 0 Å². The van der Waals surface area contributed by atoms with Crippen LogP contribution in [0.4, 0.5) is 0 Å². The van der Waals surface area contributed by atoms with E-state index in [-0.39, 0.29) is 5.91 Å². The smallest absolute Gasteiger partial charge is 0.254 e. The summed E-state index contributed by atoms with van der Waals surface area (Å²) in [6.45, 7) is 5.55. The first-order valence-corrected chi connectivity index (χ1v) is 8.55. The number of furan rings is 1. The third-order valence-electron chi connectivity index (χ3n) is 4.63. The quantitative estimate of drug-likeness (QED) is 0.779. The molecule has 6 heteroatoms. The van der Waals surface area contributed by atoms with E-state index < -0.39 is 6.10 Å². The molecule has 1 aliphatic rings. The van der Waals surface area contributed by atoms with Crippen LogP contribution < -0.4 is 0 Å². The second-order valence-corrected chi connectivity index (χ2v) is 6.65. The minimum atomic E-state index is -0.602. The van der Waals surface area contributed by atoms with E-state index in [1.165, 1.54) is 0 Å². The SMILES string of the molecule is Cc1cc2cc(C(=O)N3CCCn4nc([C@H](C)O)cc4C3)ccc2o1. The summed E-state index contributed by atoms with van der Waals surface area (Å²) in [7, 11) is 0. The summed E-state index contributed by atoms with van der Waals surface area (Å²) in [5.74, 6) is 0.845. The van der Waals surface area contributed by atoms with Gasteiger partial charge in [-0.2, -0.15) is 5.10 Å². The fraction of sp³-hybridized carbons (Fsp3) is 0.368. The lowest BCUT2D eigenvalue weighted by molar-refractivity contribution is 0.0746. The van der Waals surface area contributed by atoms with E-state index in [2.05, 4.69) is 5.10 Å². The fourth-order valence-corrected chi connectivity index (χ4v) is 3.35. The van der Waals surface area contributed by atoms with Gasteiger partial charge in [-0.15, -0.1) is 0 Å². The maximum Gasteiger partial charge on any atom is 0.254 e. The molecule has 0 unspecified atom stereocenters. The van der Waals surface area contributed by atoms with Crippen molar-refractivity contribution in [2.45, 2.75) is 39.5 Å². The maximum absolute atomic E-state index is 13.0. The molecule has 1 aromatic carbocycles. The normalized spacial score (nSPS) is 15.9. The molecule has 0 aliphatic carbocycles. The third kappa shape index (κ3) is 2.93. The zero-order valence-corrected chi connectivity index (χ0v) is 14.4. The summed E-state index contributed by atoms with van der Waals surface area (Å²) >= 11 is 0. The Labute approximate surface area is 145 Å². The van der Waals surface area contributed by atoms with Gasteiger partial charge < -0.3 is 14.4 Å². The first-order chi connectivity index (χ1) is 12.0. The van der Waals surface area contributed by atoms with Gasteiger partial charge in [0.25, 0.3) is 5.91 Å². The van der Waals surface area contributed by atoms with Crippen LogP contribution in [-0.2, 0) is 13.1 Å². The molecule has 0 saturated carbocycles. The number of hydrogen-bond donors (Lipinski definition) is 1. The van der Waals surface area contributed by atoms with Crippen molar-refractivity contribution >= 4 is 16.9 Å². The maximum atomic E-state index is 13.0. The number of nitrogens with zero attached hydrogens (tertiary/aromatic N) is 3. The van der Waals surface area contributed by atoms with Crippen LogP contribution >= 0.6 is 0 Å². The molecular weight excluding hydrogens is 318 g/mol. The molecule has 0 saturated heterocycles. The second kappa shape index (κ2) is 6.04. The number of aryl methyl sites for hydroxylation is 2. The van der Waals surface area contributed by atoms with Crippen molar-refractivity contribution in [3.05, 3.63) is 53.0 Å². The van der Waals surface area contributed by atoms with E-state index in [4.69, 9.17) is 4.42 Å². The minimum absolute atomic E-state index is 0.00833. The Morgan fingerprint density at radius 2 is 2.12 bits per heavy atom. The molecule has 4 rings (SSSR count). The predicted octanol–water partition coefficient (Wildman–Crippen LogP) is 3.04. The first-order valence-electron chi connectivity index (χ1n) is 8.55. The van der Waals surface area contributed by atoms with Crippen LogP contribution in [0.5, 0.6) is 0 Å². The van der Waals surface area contributed by atoms with E-state index in [9.17, 15) is 9.90 Å². The Kier molecular flexibility index (Phi) is 3.84. The van der Waals surface area contributed by atoms with Crippen LogP contribution in [0.1, 0.15) is 47.0 Å². The second-order valence-electron chi connectivity index (χ2n) is 6.65. The highest BCUT2D eigenvalue weighted by molar-refractivity contribution is 5.97. The van der Waals surface area contributed by atoms with Gasteiger partial charge >= 0.3 is 0 Å². The van der Waals surface area contributed by atoms with Crippen molar-refractivity contribution in [3.8, 4) is 0 Å². The molecule has 1 atom stereocenters. The number of benzene rings is 1. The number of carbonyl (C=O) groups is 1. The number of fused-ring (bicyclic) bond motifs is 2. The average Bonchev–Trinajstić information content (AvgIpc) is 3.09. The van der Waals surface area contributed by atoms with Crippen LogP contribution in [0.3, 0.4) is 0 Å². The molecular formula is C19H21N3O3. The number of aromatic nitrogens is 2. The summed E-state index contributed by atoms with van der Waals surface area (Å²) in [5.41, 5.74) is 3.07. The Balaban J connectivity index is 1.61. The van der Waals surface area contributed by atoms with Crippen molar-refractivity contribution in [2.75, 3.05) is 6.54 Å². The van der Waals surface area contributed by atoms with Gasteiger partial charge in [0.2, 0.25) is 0 Å². The standard InChI is InChI=1S/C19H21N3O3/c1-12-8-15-9-14(4-5-18(15)25-12)19(24)21-6-3-7-22-16(11-21)10-17(20-22)13(2)23/h4-5,8-10,13,23H,3,6-7,11H2,1-2H3/t13-/m0/s1. The first kappa shape index (κ1) is 15.9. The van der Waals surface area contributed by atoms with Crippen LogP contribution in [0.15, 0.2) is 34.7 Å². The van der Waals surface area contributed by atoms with Gasteiger partial charge in [0.1, 0.15) is 11.3 Å². The highest BCUT2D eigenvalue weighted by atomic mass is 16.3. The van der Waals surface area contributed by atoms with Crippen molar-refractivity contribution in [1.29, 1.82) is 0 Å². The zero-order valence-electron chi connectivity index (χ0n) is 14.4. The third-order valence-corrected chi connectivity index (χ3v) is 4.63. The molecule has 1 N–H and O–H groups in total. The van der Waals surface area contributed by atoms with Gasteiger partial charge in [-0.1, -0.05) is 0 Å². The molecule has 0 spiro atoms. The molecule has 130 valence electrons. The number of aliphatic hydroxyl groups is 1. The van der Waals surface area contributed by atoms with Crippen LogP contribution in [0.2, 0.25) is 0 Å². The summed E-state index contributed by atoms with van der Waals surface area (Å²) in [5, 5.41) is 15.1. The van der Waals surface area contributed by atoms with Gasteiger partial charge in [-0.25, -0.2) is 0 Å². The van der Waals surface area contributed by atoms with Gasteiger partial charge in [0.05, 0.1) is 24.0 Å². The lowest BCUT2D eigenvalue weighted by Gasteiger charge is -2.20. The molecule has 3 aromatic rings. The average molecular weight is 339 g/mol. The van der Waals surface area contributed by atoms with Crippen LogP contribution in [0, 0.1) is 6.92 Å². The monoisotopic (exact) mass is 339 g/mol. The Morgan fingerprint density at radius 1 is 1.28 bits per heavy atom. The van der Waals surface area contributed by atoms with Crippen molar-refractivity contribution < 1.29 is 14.3 Å². The van der Waals surface area contributed by atoms with E-state index in [1.54, 1.807) is 6.92 Å². The molecule has 0 radical (unpaired) electrons. The van der Waals surface area contributed by atoms with E-state index in [0.29, 0.717) is 24.3 Å². The van der Waals surface area contributed by atoms with E-state index in [0.717, 1.165) is 35.4 Å². The lowest BCUT2D eigenvalue weighted by Crippen LogP contribution is -2.30. The van der Waals surface area contributed by atoms with Crippen LogP contribution in [0.25, 0.3) is 11.0 Å². The summed E-state index contributed by atoms with van der Waals surface area (Å²) < 4.78 is 7.48. The molecule has 6 nitrogen and oxygen atoms in total.